The number of rotatable bonds is 6. The van der Waals surface area contributed by atoms with Gasteiger partial charge in [-0.2, -0.15) is 0 Å². The first-order chi connectivity index (χ1) is 14.5. The molecule has 8 nitrogen and oxygen atoms in total. The lowest BCUT2D eigenvalue weighted by molar-refractivity contribution is -0.384. The summed E-state index contributed by atoms with van der Waals surface area (Å²) in [6.07, 6.45) is 0. The van der Waals surface area contributed by atoms with E-state index in [9.17, 15) is 14.9 Å². The van der Waals surface area contributed by atoms with Gasteiger partial charge in [0.2, 0.25) is 5.91 Å². The number of aromatic nitrogens is 3. The normalized spacial score (nSPS) is 10.8. The Labute approximate surface area is 179 Å². The average molecular weight is 438 g/mol. The Bertz CT molecular complexity index is 1230. The topological polar surface area (TPSA) is 111 Å². The van der Waals surface area contributed by atoms with E-state index >= 15 is 0 Å². The Morgan fingerprint density at radius 1 is 1.13 bits per heavy atom. The lowest BCUT2D eigenvalue weighted by atomic mass is 10.1. The number of nitrogens with one attached hydrogen (secondary N) is 1. The molecule has 1 N–H and O–H groups in total. The third kappa shape index (κ3) is 4.29. The monoisotopic (exact) mass is 437 g/mol. The van der Waals surface area contributed by atoms with Crippen molar-refractivity contribution in [3.8, 4) is 11.3 Å². The van der Waals surface area contributed by atoms with Crippen LogP contribution in [0.25, 0.3) is 21.5 Å². The molecule has 2 aromatic heterocycles. The van der Waals surface area contributed by atoms with E-state index in [1.165, 1.54) is 36.0 Å². The van der Waals surface area contributed by atoms with Crippen LogP contribution >= 0.6 is 23.1 Å². The molecular weight excluding hydrogens is 422 g/mol. The SMILES string of the molecule is Cc1nc2c(SCC(=O)Nc3ccc([N+](=O)[O-])cc3)nnc(-c3ccccc3)c2s1. The van der Waals surface area contributed by atoms with Crippen LogP contribution in [-0.2, 0) is 4.79 Å². The summed E-state index contributed by atoms with van der Waals surface area (Å²) < 4.78 is 0.937. The first kappa shape index (κ1) is 19.9. The standard InChI is InChI=1S/C20H15N5O3S2/c1-12-21-18-19(30-12)17(13-5-3-2-4-6-13)23-24-20(18)29-11-16(26)22-14-7-9-15(10-8-14)25(27)28/h2-10H,11H2,1H3,(H,22,26). The number of nitro benzene ring substituents is 1. The second-order valence-corrected chi connectivity index (χ2v) is 8.44. The minimum absolute atomic E-state index is 0.0301. The number of fused-ring (bicyclic) bond motifs is 1. The number of amides is 1. The van der Waals surface area contributed by atoms with Crippen molar-refractivity contribution in [1.82, 2.24) is 15.2 Å². The fraction of sp³-hybridized carbons (Fsp3) is 0.100. The molecule has 2 heterocycles. The number of carbonyl (C=O) groups is 1. The van der Waals surface area contributed by atoms with E-state index in [-0.39, 0.29) is 17.3 Å². The highest BCUT2D eigenvalue weighted by molar-refractivity contribution is 8.00. The van der Waals surface area contributed by atoms with Gasteiger partial charge in [-0.25, -0.2) is 4.98 Å². The van der Waals surface area contributed by atoms with Gasteiger partial charge in [0, 0.05) is 23.4 Å². The van der Waals surface area contributed by atoms with Crippen LogP contribution in [0.2, 0.25) is 0 Å². The largest absolute Gasteiger partial charge is 0.325 e. The van der Waals surface area contributed by atoms with Gasteiger partial charge in [0.25, 0.3) is 5.69 Å². The number of nitrogens with zero attached hydrogens (tertiary/aromatic N) is 4. The van der Waals surface area contributed by atoms with Gasteiger partial charge >= 0.3 is 0 Å². The first-order valence-electron chi connectivity index (χ1n) is 8.87. The number of hydrogen-bond donors (Lipinski definition) is 1. The molecular formula is C20H15N5O3S2. The van der Waals surface area contributed by atoms with Gasteiger partial charge in [-0.05, 0) is 19.1 Å². The maximum absolute atomic E-state index is 12.3. The Morgan fingerprint density at radius 3 is 2.57 bits per heavy atom. The van der Waals surface area contributed by atoms with Gasteiger partial charge in [-0.15, -0.1) is 21.5 Å². The maximum Gasteiger partial charge on any atom is 0.269 e. The molecule has 0 unspecified atom stereocenters. The van der Waals surface area contributed by atoms with Crippen LogP contribution in [-0.4, -0.2) is 31.8 Å². The summed E-state index contributed by atoms with van der Waals surface area (Å²) in [5, 5.41) is 23.6. The molecule has 0 aliphatic rings. The molecule has 0 radical (unpaired) electrons. The van der Waals surface area contributed by atoms with E-state index in [4.69, 9.17) is 0 Å². The van der Waals surface area contributed by atoms with Gasteiger partial charge < -0.3 is 5.32 Å². The third-order valence-electron chi connectivity index (χ3n) is 4.14. The number of hydrogen-bond acceptors (Lipinski definition) is 8. The fourth-order valence-electron chi connectivity index (χ4n) is 2.80. The van der Waals surface area contributed by atoms with Crippen molar-refractivity contribution in [1.29, 1.82) is 0 Å². The highest BCUT2D eigenvalue weighted by Gasteiger charge is 2.17. The quantitative estimate of drug-likeness (QED) is 0.264. The molecule has 0 saturated carbocycles. The van der Waals surface area contributed by atoms with Gasteiger partial charge in [0.1, 0.15) is 16.2 Å². The van der Waals surface area contributed by atoms with Gasteiger partial charge in [-0.3, -0.25) is 14.9 Å². The Balaban J connectivity index is 1.50. The molecule has 0 atom stereocenters. The Hall–Kier alpha value is -3.37. The van der Waals surface area contributed by atoms with Crippen molar-refractivity contribution in [2.45, 2.75) is 11.9 Å². The van der Waals surface area contributed by atoms with Gasteiger partial charge in [0.05, 0.1) is 20.4 Å². The predicted octanol–water partition coefficient (Wildman–Crippen LogP) is 4.70. The fourth-order valence-corrected chi connectivity index (χ4v) is 4.51. The van der Waals surface area contributed by atoms with Gasteiger partial charge in [-0.1, -0.05) is 42.1 Å². The van der Waals surface area contributed by atoms with Crippen molar-refractivity contribution in [3.63, 3.8) is 0 Å². The zero-order valence-electron chi connectivity index (χ0n) is 15.7. The molecule has 1 amide bonds. The lowest BCUT2D eigenvalue weighted by Gasteiger charge is -2.06. The average Bonchev–Trinajstić information content (AvgIpc) is 3.14. The second kappa shape index (κ2) is 8.56. The molecule has 0 fully saturated rings. The molecule has 0 bridgehead atoms. The zero-order chi connectivity index (χ0) is 21.1. The molecule has 0 aliphatic carbocycles. The second-order valence-electron chi connectivity index (χ2n) is 6.27. The van der Waals surface area contributed by atoms with Crippen LogP contribution in [0.5, 0.6) is 0 Å². The van der Waals surface area contributed by atoms with E-state index < -0.39 is 4.92 Å². The molecule has 0 spiro atoms. The van der Waals surface area contributed by atoms with Crippen LogP contribution in [0.4, 0.5) is 11.4 Å². The summed E-state index contributed by atoms with van der Waals surface area (Å²) in [5.41, 5.74) is 2.94. The summed E-state index contributed by atoms with van der Waals surface area (Å²) >= 11 is 2.80. The number of carbonyl (C=O) groups excluding carboxylic acids is 1. The molecule has 2 aromatic carbocycles. The molecule has 4 rings (SSSR count). The van der Waals surface area contributed by atoms with Crippen LogP contribution in [0, 0.1) is 17.0 Å². The van der Waals surface area contributed by atoms with E-state index in [2.05, 4.69) is 20.5 Å². The smallest absolute Gasteiger partial charge is 0.269 e. The number of anilines is 1. The number of nitro groups is 1. The summed E-state index contributed by atoms with van der Waals surface area (Å²) in [5.74, 6) is -0.134. The summed E-state index contributed by atoms with van der Waals surface area (Å²) in [6.45, 7) is 1.93. The van der Waals surface area contributed by atoms with Crippen LogP contribution in [0.15, 0.2) is 59.6 Å². The number of thiazole rings is 1. The van der Waals surface area contributed by atoms with Crippen molar-refractivity contribution < 1.29 is 9.72 Å². The molecule has 0 aliphatic heterocycles. The molecule has 0 saturated heterocycles. The molecule has 150 valence electrons. The van der Waals surface area contributed by atoms with Crippen LogP contribution in [0.1, 0.15) is 5.01 Å². The maximum atomic E-state index is 12.3. The third-order valence-corrected chi connectivity index (χ3v) is 6.07. The summed E-state index contributed by atoms with van der Waals surface area (Å²) in [6, 6.07) is 15.5. The van der Waals surface area contributed by atoms with Crippen molar-refractivity contribution in [2.75, 3.05) is 11.1 Å². The van der Waals surface area contributed by atoms with E-state index in [1.807, 2.05) is 37.3 Å². The van der Waals surface area contributed by atoms with Crippen LogP contribution < -0.4 is 5.32 Å². The number of aryl methyl sites for hydroxylation is 1. The zero-order valence-corrected chi connectivity index (χ0v) is 17.4. The number of thioether (sulfide) groups is 1. The van der Waals surface area contributed by atoms with Crippen molar-refractivity contribution in [3.05, 3.63) is 69.7 Å². The predicted molar refractivity (Wildman–Crippen MR) is 118 cm³/mol. The highest BCUT2D eigenvalue weighted by atomic mass is 32.2. The van der Waals surface area contributed by atoms with E-state index in [0.29, 0.717) is 10.7 Å². The Morgan fingerprint density at radius 2 is 1.87 bits per heavy atom. The first-order valence-corrected chi connectivity index (χ1v) is 10.7. The minimum atomic E-state index is -0.486. The number of benzene rings is 2. The van der Waals surface area contributed by atoms with E-state index in [0.717, 1.165) is 26.5 Å². The van der Waals surface area contributed by atoms with Gasteiger partial charge in [0.15, 0.2) is 0 Å². The highest BCUT2D eigenvalue weighted by Crippen LogP contribution is 2.35. The molecule has 30 heavy (non-hydrogen) atoms. The summed E-state index contributed by atoms with van der Waals surface area (Å²) in [4.78, 5) is 27.1. The van der Waals surface area contributed by atoms with E-state index in [1.54, 1.807) is 11.3 Å². The van der Waals surface area contributed by atoms with Crippen molar-refractivity contribution in [2.24, 2.45) is 0 Å². The molecule has 4 aromatic rings. The lowest BCUT2D eigenvalue weighted by Crippen LogP contribution is -2.14. The Kier molecular flexibility index (Phi) is 5.68. The summed E-state index contributed by atoms with van der Waals surface area (Å²) in [7, 11) is 0. The number of non-ortho nitro benzene ring substituents is 1. The van der Waals surface area contributed by atoms with Crippen molar-refractivity contribution >= 4 is 50.6 Å². The van der Waals surface area contributed by atoms with Crippen LogP contribution in [0.3, 0.4) is 0 Å². The minimum Gasteiger partial charge on any atom is -0.325 e. The molecule has 10 heteroatoms.